The molecule has 2 nitrogen and oxygen atoms in total. The van der Waals surface area contributed by atoms with Gasteiger partial charge in [0.05, 0.1) is 6.61 Å². The summed E-state index contributed by atoms with van der Waals surface area (Å²) in [6.45, 7) is 7.23. The maximum absolute atomic E-state index is 5.86. The third-order valence-corrected chi connectivity index (χ3v) is 3.06. The molecule has 0 saturated heterocycles. The molecule has 0 saturated carbocycles. The van der Waals surface area contributed by atoms with E-state index in [4.69, 9.17) is 4.74 Å². The van der Waals surface area contributed by atoms with Crippen LogP contribution < -0.4 is 10.1 Å². The molecule has 0 aliphatic heterocycles. The number of rotatable bonds is 9. The predicted molar refractivity (Wildman–Crippen MR) is 82.0 cm³/mol. The van der Waals surface area contributed by atoms with Crippen LogP contribution in [-0.2, 0) is 0 Å². The number of nitrogens with one attached hydrogen (secondary N) is 1. The van der Waals surface area contributed by atoms with Gasteiger partial charge in [-0.3, -0.25) is 0 Å². The summed E-state index contributed by atoms with van der Waals surface area (Å²) in [5, 5.41) is 3.33. The van der Waals surface area contributed by atoms with Gasteiger partial charge >= 0.3 is 0 Å². The van der Waals surface area contributed by atoms with E-state index in [1.165, 1.54) is 5.56 Å². The zero-order valence-corrected chi connectivity index (χ0v) is 12.4. The highest BCUT2D eigenvalue weighted by Crippen LogP contribution is 2.25. The number of hydrogen-bond acceptors (Lipinski definition) is 3. The zero-order chi connectivity index (χ0) is 13.2. The predicted octanol–water partition coefficient (Wildman–Crippen LogP) is 3.49. The largest absolute Gasteiger partial charge is 0.493 e. The smallest absolute Gasteiger partial charge is 0.122 e. The van der Waals surface area contributed by atoms with Gasteiger partial charge in [-0.25, -0.2) is 0 Å². The second-order valence-electron chi connectivity index (χ2n) is 4.72. The molecule has 1 rings (SSSR count). The van der Waals surface area contributed by atoms with Crippen molar-refractivity contribution in [3.8, 4) is 5.75 Å². The summed E-state index contributed by atoms with van der Waals surface area (Å²) in [6.07, 6.45) is 2.24. The summed E-state index contributed by atoms with van der Waals surface area (Å²) in [7, 11) is 0. The van der Waals surface area contributed by atoms with Crippen molar-refractivity contribution in [3.63, 3.8) is 0 Å². The van der Waals surface area contributed by atoms with Gasteiger partial charge < -0.3 is 10.1 Å². The van der Waals surface area contributed by atoms with Crippen LogP contribution in [0, 0.1) is 0 Å². The zero-order valence-electron chi connectivity index (χ0n) is 11.5. The van der Waals surface area contributed by atoms with Crippen molar-refractivity contribution in [2.45, 2.75) is 32.6 Å². The van der Waals surface area contributed by atoms with E-state index in [1.807, 2.05) is 6.07 Å². The average molecular weight is 267 g/mol. The fraction of sp³-hybridized carbons (Fsp3) is 0.600. The summed E-state index contributed by atoms with van der Waals surface area (Å²) in [4.78, 5) is 0. The maximum Gasteiger partial charge on any atom is 0.122 e. The Balaban J connectivity index is 2.23. The monoisotopic (exact) mass is 267 g/mol. The Morgan fingerprint density at radius 2 is 1.94 bits per heavy atom. The second kappa shape index (κ2) is 9.29. The highest BCUT2D eigenvalue weighted by atomic mass is 32.1. The third kappa shape index (κ3) is 5.78. The number of benzene rings is 1. The van der Waals surface area contributed by atoms with Crippen LogP contribution in [0.5, 0.6) is 5.75 Å². The molecule has 1 aromatic rings. The van der Waals surface area contributed by atoms with Crippen LogP contribution in [0.3, 0.4) is 0 Å². The van der Waals surface area contributed by atoms with Gasteiger partial charge in [-0.05, 0) is 36.9 Å². The molecule has 0 aliphatic rings. The van der Waals surface area contributed by atoms with Crippen molar-refractivity contribution in [2.75, 3.05) is 25.4 Å². The molecule has 18 heavy (non-hydrogen) atoms. The third-order valence-electron chi connectivity index (χ3n) is 2.84. The summed E-state index contributed by atoms with van der Waals surface area (Å²) in [5.41, 5.74) is 1.30. The van der Waals surface area contributed by atoms with E-state index in [0.29, 0.717) is 5.92 Å². The van der Waals surface area contributed by atoms with E-state index in [0.717, 1.165) is 44.0 Å². The Hall–Kier alpha value is -0.670. The Labute approximate surface area is 117 Å². The van der Waals surface area contributed by atoms with Gasteiger partial charge in [0, 0.05) is 12.3 Å². The van der Waals surface area contributed by atoms with Crippen molar-refractivity contribution in [3.05, 3.63) is 29.8 Å². The molecule has 0 heterocycles. The highest BCUT2D eigenvalue weighted by Gasteiger charge is 2.06. The lowest BCUT2D eigenvalue weighted by Gasteiger charge is -2.13. The SMILES string of the molecule is CC(C)c1ccccc1OCCCCNCCS. The molecule has 0 spiro atoms. The minimum Gasteiger partial charge on any atom is -0.493 e. The van der Waals surface area contributed by atoms with E-state index >= 15 is 0 Å². The van der Waals surface area contributed by atoms with Gasteiger partial charge in [0.25, 0.3) is 0 Å². The van der Waals surface area contributed by atoms with Gasteiger partial charge in [0.1, 0.15) is 5.75 Å². The molecule has 0 aromatic heterocycles. The topological polar surface area (TPSA) is 21.3 Å². The van der Waals surface area contributed by atoms with Crippen LogP contribution in [-0.4, -0.2) is 25.4 Å². The fourth-order valence-electron chi connectivity index (χ4n) is 1.83. The van der Waals surface area contributed by atoms with E-state index < -0.39 is 0 Å². The van der Waals surface area contributed by atoms with E-state index in [2.05, 4.69) is 50.0 Å². The standard InChI is InChI=1S/C15H25NOS/c1-13(2)14-7-3-4-8-15(14)17-11-6-5-9-16-10-12-18/h3-4,7-8,13,16,18H,5-6,9-12H2,1-2H3. The minimum absolute atomic E-state index is 0.512. The Bertz CT molecular complexity index is 328. The Morgan fingerprint density at radius 1 is 1.17 bits per heavy atom. The molecule has 102 valence electrons. The van der Waals surface area contributed by atoms with Crippen LogP contribution in [0.2, 0.25) is 0 Å². The lowest BCUT2D eigenvalue weighted by atomic mass is 10.0. The second-order valence-corrected chi connectivity index (χ2v) is 5.17. The van der Waals surface area contributed by atoms with E-state index in [-0.39, 0.29) is 0 Å². The van der Waals surface area contributed by atoms with Crippen LogP contribution in [0.15, 0.2) is 24.3 Å². The van der Waals surface area contributed by atoms with Gasteiger partial charge in [0.15, 0.2) is 0 Å². The van der Waals surface area contributed by atoms with Gasteiger partial charge in [-0.2, -0.15) is 12.6 Å². The normalized spacial score (nSPS) is 10.9. The average Bonchev–Trinajstić information content (AvgIpc) is 2.38. The first-order valence-corrected chi connectivity index (χ1v) is 7.42. The summed E-state index contributed by atoms with van der Waals surface area (Å²) < 4.78 is 5.86. The maximum atomic E-state index is 5.86. The number of thiol groups is 1. The van der Waals surface area contributed by atoms with Crippen molar-refractivity contribution in [1.82, 2.24) is 5.32 Å². The highest BCUT2D eigenvalue weighted by molar-refractivity contribution is 7.80. The fourth-order valence-corrected chi connectivity index (χ4v) is 1.99. The van der Waals surface area contributed by atoms with Crippen LogP contribution >= 0.6 is 12.6 Å². The molecule has 0 unspecified atom stereocenters. The summed E-state index contributed by atoms with van der Waals surface area (Å²) >= 11 is 4.15. The molecule has 3 heteroatoms. The van der Waals surface area contributed by atoms with Crippen molar-refractivity contribution in [1.29, 1.82) is 0 Å². The van der Waals surface area contributed by atoms with Crippen molar-refractivity contribution < 1.29 is 4.74 Å². The molecular formula is C15H25NOS. The number of hydrogen-bond donors (Lipinski definition) is 2. The Kier molecular flexibility index (Phi) is 7.94. The number of para-hydroxylation sites is 1. The van der Waals surface area contributed by atoms with Crippen LogP contribution in [0.1, 0.15) is 38.2 Å². The number of unbranched alkanes of at least 4 members (excludes halogenated alkanes) is 1. The molecular weight excluding hydrogens is 242 g/mol. The molecule has 0 amide bonds. The first-order chi connectivity index (χ1) is 8.75. The molecule has 1 aromatic carbocycles. The van der Waals surface area contributed by atoms with Gasteiger partial charge in [-0.1, -0.05) is 32.0 Å². The van der Waals surface area contributed by atoms with Crippen molar-refractivity contribution >= 4 is 12.6 Å². The van der Waals surface area contributed by atoms with E-state index in [1.54, 1.807) is 0 Å². The summed E-state index contributed by atoms with van der Waals surface area (Å²) in [6, 6.07) is 8.32. The van der Waals surface area contributed by atoms with Gasteiger partial charge in [0.2, 0.25) is 0 Å². The minimum atomic E-state index is 0.512. The molecule has 0 atom stereocenters. The Morgan fingerprint density at radius 3 is 2.67 bits per heavy atom. The molecule has 0 radical (unpaired) electrons. The lowest BCUT2D eigenvalue weighted by molar-refractivity contribution is 0.302. The van der Waals surface area contributed by atoms with Crippen molar-refractivity contribution in [2.24, 2.45) is 0 Å². The lowest BCUT2D eigenvalue weighted by Crippen LogP contribution is -2.18. The van der Waals surface area contributed by atoms with Crippen LogP contribution in [0.4, 0.5) is 0 Å². The first-order valence-electron chi connectivity index (χ1n) is 6.79. The number of ether oxygens (including phenoxy) is 1. The van der Waals surface area contributed by atoms with E-state index in [9.17, 15) is 0 Å². The quantitative estimate of drug-likeness (QED) is 0.528. The molecule has 0 aliphatic carbocycles. The molecule has 0 bridgehead atoms. The molecule has 1 N–H and O–H groups in total. The van der Waals surface area contributed by atoms with Gasteiger partial charge in [-0.15, -0.1) is 0 Å². The summed E-state index contributed by atoms with van der Waals surface area (Å²) in [5.74, 6) is 2.45. The molecule has 0 fully saturated rings. The first kappa shape index (κ1) is 15.4. The van der Waals surface area contributed by atoms with Crippen LogP contribution in [0.25, 0.3) is 0 Å².